The molecule has 5 nitrogen and oxygen atoms in total. The zero-order valence-corrected chi connectivity index (χ0v) is 15.2. The number of benzene rings is 2. The van der Waals surface area contributed by atoms with Crippen molar-refractivity contribution in [1.82, 2.24) is 10.2 Å². The first-order chi connectivity index (χ1) is 12.1. The number of rotatable bonds is 4. The van der Waals surface area contributed by atoms with Crippen LogP contribution in [0.2, 0.25) is 0 Å². The number of fused-ring (bicyclic) bond motifs is 1. The Morgan fingerprint density at radius 1 is 1.08 bits per heavy atom. The molecule has 1 heterocycles. The van der Waals surface area contributed by atoms with Gasteiger partial charge in [-0.25, -0.2) is 8.42 Å². The maximum Gasteiger partial charge on any atom is 0.193 e. The number of nitrogens with zero attached hydrogens (tertiary/aromatic N) is 2. The van der Waals surface area contributed by atoms with Crippen LogP contribution in [0, 0.1) is 0 Å². The van der Waals surface area contributed by atoms with Gasteiger partial charge in [-0.2, -0.15) is 0 Å². The highest BCUT2D eigenvalue weighted by Crippen LogP contribution is 2.18. The number of hydrogen-bond donors (Lipinski definition) is 1. The molecule has 0 saturated heterocycles. The van der Waals surface area contributed by atoms with Gasteiger partial charge >= 0.3 is 0 Å². The number of sulfone groups is 1. The summed E-state index contributed by atoms with van der Waals surface area (Å²) in [5.41, 5.74) is 2.68. The molecule has 0 aromatic heterocycles. The zero-order chi connectivity index (χ0) is 17.7. The van der Waals surface area contributed by atoms with Gasteiger partial charge in [0.05, 0.1) is 10.6 Å². The minimum absolute atomic E-state index is 0.0421. The molecule has 0 atom stereocenters. The van der Waals surface area contributed by atoms with Gasteiger partial charge in [-0.15, -0.1) is 0 Å². The summed E-state index contributed by atoms with van der Waals surface area (Å²) in [6.45, 7) is 2.01. The van der Waals surface area contributed by atoms with Crippen LogP contribution in [-0.4, -0.2) is 45.2 Å². The minimum atomic E-state index is -3.28. The van der Waals surface area contributed by atoms with E-state index in [1.807, 2.05) is 12.1 Å². The molecule has 1 N–H and O–H groups in total. The Bertz CT molecular complexity index is 848. The lowest BCUT2D eigenvalue weighted by molar-refractivity contribution is 0.380. The molecule has 132 valence electrons. The number of aliphatic imine (C=N–C) groups is 1. The van der Waals surface area contributed by atoms with Crippen LogP contribution >= 0.6 is 0 Å². The molecule has 1 aliphatic rings. The number of guanidine groups is 1. The molecule has 25 heavy (non-hydrogen) atoms. The van der Waals surface area contributed by atoms with Gasteiger partial charge in [0.2, 0.25) is 0 Å². The van der Waals surface area contributed by atoms with Crippen LogP contribution in [-0.2, 0) is 22.8 Å². The highest BCUT2D eigenvalue weighted by Gasteiger charge is 2.19. The van der Waals surface area contributed by atoms with E-state index >= 15 is 0 Å². The van der Waals surface area contributed by atoms with Crippen molar-refractivity contribution in [1.29, 1.82) is 0 Å². The molecular formula is C19H23N3O2S. The normalized spacial score (nSPS) is 14.9. The zero-order valence-electron chi connectivity index (χ0n) is 14.4. The van der Waals surface area contributed by atoms with Crippen molar-refractivity contribution in [2.45, 2.75) is 17.9 Å². The standard InChI is InChI=1S/C19H23N3O2S/c1-20-19(22-13-11-16-7-5-6-8-17(16)15-22)21-12-14-25(23,24)18-9-3-2-4-10-18/h2-10H,11-15H2,1H3,(H,20,21). The summed E-state index contributed by atoms with van der Waals surface area (Å²) >= 11 is 0. The summed E-state index contributed by atoms with van der Waals surface area (Å²) in [6, 6.07) is 17.0. The molecule has 3 rings (SSSR count). The molecule has 0 fully saturated rings. The van der Waals surface area contributed by atoms with E-state index in [-0.39, 0.29) is 5.75 Å². The van der Waals surface area contributed by atoms with E-state index < -0.39 is 9.84 Å². The third-order valence-corrected chi connectivity index (χ3v) is 6.13. The van der Waals surface area contributed by atoms with Crippen molar-refractivity contribution in [3.8, 4) is 0 Å². The van der Waals surface area contributed by atoms with Gasteiger partial charge in [0, 0.05) is 26.7 Å². The van der Waals surface area contributed by atoms with Gasteiger partial charge < -0.3 is 10.2 Å². The number of hydrogen-bond acceptors (Lipinski definition) is 3. The molecule has 1 aliphatic heterocycles. The third-order valence-electron chi connectivity index (χ3n) is 4.40. The molecule has 0 saturated carbocycles. The molecule has 0 spiro atoms. The van der Waals surface area contributed by atoms with Crippen molar-refractivity contribution in [2.24, 2.45) is 4.99 Å². The molecule has 0 aliphatic carbocycles. The van der Waals surface area contributed by atoms with Crippen LogP contribution in [0.25, 0.3) is 0 Å². The lowest BCUT2D eigenvalue weighted by Crippen LogP contribution is -2.45. The maximum absolute atomic E-state index is 12.3. The van der Waals surface area contributed by atoms with Gasteiger partial charge in [0.25, 0.3) is 0 Å². The molecule has 0 amide bonds. The maximum atomic E-state index is 12.3. The SMILES string of the molecule is CN=C(NCCS(=O)(=O)c1ccccc1)N1CCc2ccccc2C1. The van der Waals surface area contributed by atoms with E-state index in [0.29, 0.717) is 11.4 Å². The average molecular weight is 357 g/mol. The Kier molecular flexibility index (Phi) is 5.38. The van der Waals surface area contributed by atoms with Crippen molar-refractivity contribution >= 4 is 15.8 Å². The molecule has 0 radical (unpaired) electrons. The Labute approximate surface area is 149 Å². The minimum Gasteiger partial charge on any atom is -0.355 e. The van der Waals surface area contributed by atoms with E-state index in [2.05, 4.69) is 33.4 Å². The second-order valence-corrected chi connectivity index (χ2v) is 8.16. The average Bonchev–Trinajstić information content (AvgIpc) is 2.65. The first-order valence-corrected chi connectivity index (χ1v) is 10.1. The fourth-order valence-electron chi connectivity index (χ4n) is 3.05. The largest absolute Gasteiger partial charge is 0.355 e. The Balaban J connectivity index is 1.59. The van der Waals surface area contributed by atoms with E-state index in [1.54, 1.807) is 31.3 Å². The van der Waals surface area contributed by atoms with Crippen LogP contribution in [0.5, 0.6) is 0 Å². The first-order valence-electron chi connectivity index (χ1n) is 8.40. The van der Waals surface area contributed by atoms with Crippen molar-refractivity contribution in [3.05, 3.63) is 65.7 Å². The van der Waals surface area contributed by atoms with E-state index in [9.17, 15) is 8.42 Å². The van der Waals surface area contributed by atoms with Crippen LogP contribution in [0.3, 0.4) is 0 Å². The smallest absolute Gasteiger partial charge is 0.193 e. The van der Waals surface area contributed by atoms with Gasteiger partial charge in [0.1, 0.15) is 0 Å². The predicted molar refractivity (Wildman–Crippen MR) is 100 cm³/mol. The fourth-order valence-corrected chi connectivity index (χ4v) is 4.23. The summed E-state index contributed by atoms with van der Waals surface area (Å²) in [4.78, 5) is 6.84. The first kappa shape index (κ1) is 17.5. The monoisotopic (exact) mass is 357 g/mol. The summed E-state index contributed by atoms with van der Waals surface area (Å²) in [5.74, 6) is 0.790. The van der Waals surface area contributed by atoms with Crippen LogP contribution in [0.4, 0.5) is 0 Å². The summed E-state index contributed by atoms with van der Waals surface area (Å²) in [7, 11) is -1.55. The summed E-state index contributed by atoms with van der Waals surface area (Å²) in [6.07, 6.45) is 0.971. The molecule has 0 unspecified atom stereocenters. The fraction of sp³-hybridized carbons (Fsp3) is 0.316. The van der Waals surface area contributed by atoms with E-state index in [0.717, 1.165) is 25.5 Å². The van der Waals surface area contributed by atoms with Gasteiger partial charge in [-0.1, -0.05) is 42.5 Å². The van der Waals surface area contributed by atoms with Gasteiger partial charge in [-0.3, -0.25) is 4.99 Å². The highest BCUT2D eigenvalue weighted by atomic mass is 32.2. The molecule has 6 heteroatoms. The second-order valence-electron chi connectivity index (χ2n) is 6.05. The predicted octanol–water partition coefficient (Wildman–Crippen LogP) is 2.09. The topological polar surface area (TPSA) is 61.8 Å². The molecule has 0 bridgehead atoms. The third kappa shape index (κ3) is 4.20. The van der Waals surface area contributed by atoms with Gasteiger partial charge in [0.15, 0.2) is 15.8 Å². The highest BCUT2D eigenvalue weighted by molar-refractivity contribution is 7.91. The molecule has 2 aromatic rings. The van der Waals surface area contributed by atoms with Crippen molar-refractivity contribution < 1.29 is 8.42 Å². The molecule has 2 aromatic carbocycles. The van der Waals surface area contributed by atoms with Crippen LogP contribution in [0.15, 0.2) is 64.5 Å². The van der Waals surface area contributed by atoms with Crippen LogP contribution in [0.1, 0.15) is 11.1 Å². The Morgan fingerprint density at radius 3 is 2.48 bits per heavy atom. The Morgan fingerprint density at radius 2 is 1.76 bits per heavy atom. The Hall–Kier alpha value is -2.34. The van der Waals surface area contributed by atoms with Gasteiger partial charge in [-0.05, 0) is 29.7 Å². The van der Waals surface area contributed by atoms with E-state index in [1.165, 1.54) is 11.1 Å². The second kappa shape index (κ2) is 7.70. The quantitative estimate of drug-likeness (QED) is 0.672. The summed E-state index contributed by atoms with van der Waals surface area (Å²) in [5, 5.41) is 3.19. The van der Waals surface area contributed by atoms with Crippen molar-refractivity contribution in [3.63, 3.8) is 0 Å². The van der Waals surface area contributed by atoms with Crippen LogP contribution < -0.4 is 5.32 Å². The van der Waals surface area contributed by atoms with E-state index in [4.69, 9.17) is 0 Å². The lowest BCUT2D eigenvalue weighted by Gasteiger charge is -2.31. The molecular weight excluding hydrogens is 334 g/mol. The lowest BCUT2D eigenvalue weighted by atomic mass is 10.0. The number of nitrogens with one attached hydrogen (secondary N) is 1. The van der Waals surface area contributed by atoms with Crippen molar-refractivity contribution in [2.75, 3.05) is 25.9 Å². The summed E-state index contributed by atoms with van der Waals surface area (Å²) < 4.78 is 24.7.